The summed E-state index contributed by atoms with van der Waals surface area (Å²) in [6.07, 6.45) is -16.2. The van der Waals surface area contributed by atoms with Gasteiger partial charge in [0.05, 0.1) is 5.56 Å². The second-order valence-corrected chi connectivity index (χ2v) is 11.2. The lowest BCUT2D eigenvalue weighted by Gasteiger charge is -2.40. The van der Waals surface area contributed by atoms with Crippen molar-refractivity contribution in [2.45, 2.75) is 44.0 Å². The maximum Gasteiger partial charge on any atom is 0.416 e. The molecule has 2 aliphatic heterocycles. The largest absolute Gasteiger partial charge is 0.473 e. The number of ether oxygens (including phenoxy) is 2. The Morgan fingerprint density at radius 2 is 0.913 bits per heavy atom. The lowest BCUT2D eigenvalue weighted by Crippen LogP contribution is -2.55. The van der Waals surface area contributed by atoms with Gasteiger partial charge in [0.1, 0.15) is 11.5 Å². The first-order chi connectivity index (χ1) is 21.6. The zero-order valence-electron chi connectivity index (χ0n) is 24.0. The predicted molar refractivity (Wildman–Crippen MR) is 152 cm³/mol. The van der Waals surface area contributed by atoms with Crippen molar-refractivity contribution in [2.24, 2.45) is 0 Å². The van der Waals surface area contributed by atoms with Crippen LogP contribution in [-0.4, -0.2) is 25.8 Å². The van der Waals surface area contributed by atoms with Gasteiger partial charge in [-0.3, -0.25) is 0 Å². The van der Waals surface area contributed by atoms with Crippen molar-refractivity contribution in [1.29, 1.82) is 0 Å². The molecule has 0 fully saturated rings. The molecule has 0 saturated heterocycles. The van der Waals surface area contributed by atoms with Gasteiger partial charge in [0.15, 0.2) is 13.5 Å². The van der Waals surface area contributed by atoms with Crippen molar-refractivity contribution < 1.29 is 49.0 Å². The monoisotopic (exact) mass is 652 g/mol. The van der Waals surface area contributed by atoms with Gasteiger partial charge in [-0.05, 0) is 78.7 Å². The summed E-state index contributed by atoms with van der Waals surface area (Å²) in [7, 11) is 0. The molecule has 0 saturated carbocycles. The average molecular weight is 653 g/mol. The highest BCUT2D eigenvalue weighted by atomic mass is 19.4. The van der Waals surface area contributed by atoms with Gasteiger partial charge in [0, 0.05) is 35.6 Å². The van der Waals surface area contributed by atoms with E-state index in [0.29, 0.717) is 5.69 Å². The zero-order chi connectivity index (χ0) is 33.1. The summed E-state index contributed by atoms with van der Waals surface area (Å²) in [5.41, 5.74) is -5.37. The second kappa shape index (κ2) is 11.1. The van der Waals surface area contributed by atoms with Crippen LogP contribution in [0, 0.1) is 6.92 Å². The summed E-state index contributed by atoms with van der Waals surface area (Å²) in [4.78, 5) is 3.10. The molecule has 4 aromatic carbocycles. The molecule has 4 nitrogen and oxygen atoms in total. The van der Waals surface area contributed by atoms with Gasteiger partial charge in [-0.25, -0.2) is 0 Å². The topological polar surface area (TPSA) is 24.9 Å². The van der Waals surface area contributed by atoms with Crippen molar-refractivity contribution in [3.05, 3.63) is 118 Å². The fourth-order valence-corrected chi connectivity index (χ4v) is 5.88. The number of rotatable bonds is 4. The molecule has 0 bridgehead atoms. The fourth-order valence-electron chi connectivity index (χ4n) is 5.88. The molecule has 2 heterocycles. The van der Waals surface area contributed by atoms with E-state index in [1.807, 2.05) is 19.1 Å². The number of fused-ring (bicyclic) bond motifs is 2. The van der Waals surface area contributed by atoms with Crippen LogP contribution in [0.4, 0.5) is 50.9 Å². The Bertz CT molecular complexity index is 1720. The molecule has 2 aliphatic rings. The third-order valence-electron chi connectivity index (χ3n) is 8.27. The minimum atomic E-state index is -5.83. The van der Waals surface area contributed by atoms with Crippen LogP contribution in [0.1, 0.15) is 33.4 Å². The highest BCUT2D eigenvalue weighted by Crippen LogP contribution is 2.57. The predicted octanol–water partition coefficient (Wildman–Crippen LogP) is 9.14. The molecule has 0 aromatic heterocycles. The molecule has 0 N–H and O–H groups in total. The Balaban J connectivity index is 1.40. The minimum absolute atomic E-state index is 0.00774. The molecule has 46 heavy (non-hydrogen) atoms. The van der Waals surface area contributed by atoms with E-state index in [9.17, 15) is 13.2 Å². The Morgan fingerprint density at radius 1 is 0.522 bits per heavy atom. The Morgan fingerprint density at radius 3 is 1.30 bits per heavy atom. The molecule has 6 rings (SSSR count). The number of nitrogens with zero attached hydrogens (tertiary/aromatic N) is 2. The Kier molecular flexibility index (Phi) is 7.56. The van der Waals surface area contributed by atoms with Crippen LogP contribution >= 0.6 is 0 Å². The highest BCUT2D eigenvalue weighted by molar-refractivity contribution is 5.56. The number of hydrogen-bond donors (Lipinski definition) is 0. The summed E-state index contributed by atoms with van der Waals surface area (Å²) in [6, 6.07) is 16.6. The number of hydrogen-bond acceptors (Lipinski definition) is 4. The van der Waals surface area contributed by atoms with E-state index in [4.69, 9.17) is 9.47 Å². The van der Waals surface area contributed by atoms with Gasteiger partial charge in [-0.1, -0.05) is 29.8 Å². The van der Waals surface area contributed by atoms with Gasteiger partial charge in [-0.15, -0.1) is 0 Å². The van der Waals surface area contributed by atoms with Crippen molar-refractivity contribution in [3.63, 3.8) is 0 Å². The number of aryl methyl sites for hydroxylation is 1. The van der Waals surface area contributed by atoms with E-state index in [-0.39, 0.29) is 54.9 Å². The molecule has 0 aliphatic carbocycles. The first-order valence-corrected chi connectivity index (χ1v) is 14.0. The van der Waals surface area contributed by atoms with E-state index in [2.05, 4.69) is 0 Å². The minimum Gasteiger partial charge on any atom is -0.473 e. The lowest BCUT2D eigenvalue weighted by molar-refractivity contribution is -0.288. The maximum absolute atomic E-state index is 15.1. The van der Waals surface area contributed by atoms with E-state index >= 15 is 26.3 Å². The molecule has 4 aromatic rings. The maximum atomic E-state index is 15.1. The highest BCUT2D eigenvalue weighted by Gasteiger charge is 2.72. The van der Waals surface area contributed by atoms with Crippen LogP contribution in [0.25, 0.3) is 0 Å². The van der Waals surface area contributed by atoms with Gasteiger partial charge in [-0.2, -0.15) is 39.5 Å². The molecule has 0 unspecified atom stereocenters. The fraction of sp³-hybridized carbons (Fsp3) is 0.273. The normalized spacial score (nSPS) is 15.5. The van der Waals surface area contributed by atoms with Crippen molar-refractivity contribution in [3.8, 4) is 11.5 Å². The third-order valence-corrected chi connectivity index (χ3v) is 8.27. The summed E-state index contributed by atoms with van der Waals surface area (Å²) in [5.74, 6) is 0.245. The van der Waals surface area contributed by atoms with Gasteiger partial charge >= 0.3 is 18.5 Å². The van der Waals surface area contributed by atoms with Crippen LogP contribution in [0.2, 0.25) is 0 Å². The molecule has 0 amide bonds. The Labute approximate surface area is 257 Å². The van der Waals surface area contributed by atoms with Crippen LogP contribution in [0.5, 0.6) is 11.5 Å². The summed E-state index contributed by atoms with van der Waals surface area (Å²) in [5, 5.41) is 0. The second-order valence-electron chi connectivity index (χ2n) is 11.2. The SMILES string of the molecule is Cc1ccc(N2COc3ccc(C(c4ccc5c(c4)CN(c4ccc(C(F)(F)F)cc4)CO5)(C(F)(F)F)C(F)(F)F)cc3C2)cc1. The smallest absolute Gasteiger partial charge is 0.416 e. The van der Waals surface area contributed by atoms with Crippen molar-refractivity contribution in [1.82, 2.24) is 0 Å². The molecule has 13 heteroatoms. The molecule has 0 spiro atoms. The van der Waals surface area contributed by atoms with Crippen LogP contribution < -0.4 is 19.3 Å². The number of anilines is 2. The molecular formula is C33H25F9N2O2. The van der Waals surface area contributed by atoms with Crippen molar-refractivity contribution >= 4 is 11.4 Å². The van der Waals surface area contributed by atoms with Gasteiger partial charge in [0.25, 0.3) is 0 Å². The van der Waals surface area contributed by atoms with Gasteiger partial charge in [0.2, 0.25) is 5.41 Å². The summed E-state index contributed by atoms with van der Waals surface area (Å²) in [6.45, 7) is 1.57. The quantitative estimate of drug-likeness (QED) is 0.206. The van der Waals surface area contributed by atoms with Crippen molar-refractivity contribution in [2.75, 3.05) is 23.3 Å². The van der Waals surface area contributed by atoms with Crippen LogP contribution in [0.3, 0.4) is 0 Å². The summed E-state index contributed by atoms with van der Waals surface area (Å²) >= 11 is 0. The molecular weight excluding hydrogens is 627 g/mol. The Hall–Kier alpha value is -4.55. The number of halogens is 9. The standard InChI is InChI=1S/C33H25F9N2O2/c1-20-2-8-26(9-3-20)43-16-21-14-24(6-12-28(21)45-18-43)30(32(37,38)39,33(40,41)42)25-7-13-29-22(15-25)17-44(19-46-29)27-10-4-23(5-11-27)31(34,35)36/h2-15H,16-19H2,1H3. The van der Waals surface area contributed by atoms with Crippen LogP contribution in [-0.2, 0) is 24.7 Å². The van der Waals surface area contributed by atoms with E-state index in [1.54, 1.807) is 17.0 Å². The first-order valence-electron chi connectivity index (χ1n) is 14.0. The van der Waals surface area contributed by atoms with E-state index in [0.717, 1.165) is 66.2 Å². The summed E-state index contributed by atoms with van der Waals surface area (Å²) < 4.78 is 141. The molecule has 0 atom stereocenters. The lowest BCUT2D eigenvalue weighted by atomic mass is 9.72. The number of alkyl halides is 9. The van der Waals surface area contributed by atoms with Crippen LogP contribution in [0.15, 0.2) is 84.9 Å². The average Bonchev–Trinajstić information content (AvgIpc) is 2.99. The number of benzene rings is 4. The molecule has 242 valence electrons. The first kappa shape index (κ1) is 31.4. The third kappa shape index (κ3) is 5.45. The van der Waals surface area contributed by atoms with E-state index < -0.39 is 40.6 Å². The molecule has 0 radical (unpaired) electrons. The van der Waals surface area contributed by atoms with E-state index in [1.165, 1.54) is 4.90 Å². The van der Waals surface area contributed by atoms with Gasteiger partial charge < -0.3 is 19.3 Å². The zero-order valence-corrected chi connectivity index (χ0v) is 24.0.